The van der Waals surface area contributed by atoms with Gasteiger partial charge in [0.2, 0.25) is 0 Å². The number of halogens is 3. The van der Waals surface area contributed by atoms with Gasteiger partial charge in [0.25, 0.3) is 5.69 Å². The first kappa shape index (κ1) is 15.2. The number of non-ortho nitro benzene ring substituents is 1. The molecule has 21 heavy (non-hydrogen) atoms. The molecule has 2 aromatic carbocycles. The van der Waals surface area contributed by atoms with Crippen LogP contribution in [0.15, 0.2) is 40.9 Å². The molecule has 2 rings (SSSR count). The lowest BCUT2D eigenvalue weighted by Gasteiger charge is -2.05. The van der Waals surface area contributed by atoms with Gasteiger partial charge in [-0.15, -0.1) is 0 Å². The van der Waals surface area contributed by atoms with Crippen molar-refractivity contribution >= 4 is 27.4 Å². The minimum Gasteiger partial charge on any atom is -0.294 e. The van der Waals surface area contributed by atoms with E-state index in [1.54, 1.807) is 0 Å². The van der Waals surface area contributed by atoms with Crippen molar-refractivity contribution in [1.29, 1.82) is 0 Å². The van der Waals surface area contributed by atoms with Gasteiger partial charge in [0.1, 0.15) is 11.6 Å². The van der Waals surface area contributed by atoms with E-state index in [1.165, 1.54) is 18.2 Å². The Morgan fingerprint density at radius 1 is 1.19 bits per heavy atom. The Balaban J connectivity index is 2.35. The Hall–Kier alpha value is -2.15. The summed E-state index contributed by atoms with van der Waals surface area (Å²) >= 11 is 3.06. The fourth-order valence-corrected chi connectivity index (χ4v) is 2.29. The summed E-state index contributed by atoms with van der Waals surface area (Å²) in [6, 6.07) is 6.98. The number of carbonyl (C=O) groups excluding carboxylic acids is 1. The normalized spacial score (nSPS) is 10.4. The molecule has 2 aromatic rings. The van der Waals surface area contributed by atoms with Crippen molar-refractivity contribution in [2.45, 2.75) is 6.42 Å². The van der Waals surface area contributed by atoms with E-state index in [2.05, 4.69) is 15.9 Å². The van der Waals surface area contributed by atoms with E-state index in [9.17, 15) is 23.7 Å². The zero-order valence-electron chi connectivity index (χ0n) is 10.5. The van der Waals surface area contributed by atoms with E-state index < -0.39 is 28.8 Å². The minimum absolute atomic E-state index is 0.0127. The van der Waals surface area contributed by atoms with Gasteiger partial charge < -0.3 is 0 Å². The summed E-state index contributed by atoms with van der Waals surface area (Å²) in [4.78, 5) is 22.2. The molecule has 0 radical (unpaired) electrons. The standard InChI is InChI=1S/C14H8BrF2NO3/c15-9-4-8(5-10(6-9)18(20)21)14(19)7-11-12(16)2-1-3-13(11)17/h1-6H,7H2. The summed E-state index contributed by atoms with van der Waals surface area (Å²) in [5.74, 6) is -2.26. The molecule has 0 heterocycles. The van der Waals surface area contributed by atoms with Gasteiger partial charge in [-0.25, -0.2) is 8.78 Å². The first-order valence-corrected chi connectivity index (χ1v) is 6.59. The molecule has 0 amide bonds. The summed E-state index contributed by atoms with van der Waals surface area (Å²) in [5.41, 5.74) is -0.620. The van der Waals surface area contributed by atoms with Crippen molar-refractivity contribution in [1.82, 2.24) is 0 Å². The number of rotatable bonds is 4. The molecule has 0 aromatic heterocycles. The number of Topliss-reactive ketones (excluding diaryl/α,β-unsaturated/α-hetero) is 1. The van der Waals surface area contributed by atoms with Crippen LogP contribution in [0.25, 0.3) is 0 Å². The lowest BCUT2D eigenvalue weighted by Crippen LogP contribution is -2.08. The van der Waals surface area contributed by atoms with E-state index >= 15 is 0 Å². The van der Waals surface area contributed by atoms with Crippen molar-refractivity contribution in [3.63, 3.8) is 0 Å². The molecule has 0 saturated heterocycles. The predicted octanol–water partition coefficient (Wildman–Crippen LogP) is 4.06. The van der Waals surface area contributed by atoms with E-state index in [4.69, 9.17) is 0 Å². The maximum atomic E-state index is 13.5. The number of carbonyl (C=O) groups is 1. The molecular formula is C14H8BrF2NO3. The maximum absolute atomic E-state index is 13.5. The molecular weight excluding hydrogens is 348 g/mol. The van der Waals surface area contributed by atoms with Gasteiger partial charge in [-0.1, -0.05) is 22.0 Å². The molecule has 4 nitrogen and oxygen atoms in total. The summed E-state index contributed by atoms with van der Waals surface area (Å²) in [6.07, 6.45) is -0.508. The first-order chi connectivity index (χ1) is 9.88. The second kappa shape index (κ2) is 6.09. The van der Waals surface area contributed by atoms with Gasteiger partial charge in [-0.3, -0.25) is 14.9 Å². The van der Waals surface area contributed by atoms with E-state index in [0.717, 1.165) is 18.2 Å². The van der Waals surface area contributed by atoms with Crippen molar-refractivity contribution in [3.8, 4) is 0 Å². The Labute approximate surface area is 126 Å². The molecule has 7 heteroatoms. The molecule has 0 saturated carbocycles. The third kappa shape index (κ3) is 3.49. The third-order valence-electron chi connectivity index (χ3n) is 2.81. The number of nitrogens with zero attached hydrogens (tertiary/aromatic N) is 1. The van der Waals surface area contributed by atoms with Crippen LogP contribution in [0.2, 0.25) is 0 Å². The lowest BCUT2D eigenvalue weighted by molar-refractivity contribution is -0.385. The molecule has 108 valence electrons. The van der Waals surface area contributed by atoms with Crippen molar-refractivity contribution < 1.29 is 18.5 Å². The number of nitro benzene ring substituents is 1. The van der Waals surface area contributed by atoms with Gasteiger partial charge in [0, 0.05) is 34.2 Å². The minimum atomic E-state index is -0.826. The van der Waals surface area contributed by atoms with Gasteiger partial charge >= 0.3 is 0 Å². The van der Waals surface area contributed by atoms with Crippen molar-refractivity contribution in [2.24, 2.45) is 0 Å². The first-order valence-electron chi connectivity index (χ1n) is 5.79. The molecule has 0 fully saturated rings. The Morgan fingerprint density at radius 3 is 2.38 bits per heavy atom. The third-order valence-corrected chi connectivity index (χ3v) is 3.27. The van der Waals surface area contributed by atoms with Crippen LogP contribution < -0.4 is 0 Å². The summed E-state index contributed by atoms with van der Waals surface area (Å²) < 4.78 is 27.3. The van der Waals surface area contributed by atoms with Crippen LogP contribution in [-0.2, 0) is 6.42 Å². The molecule has 0 N–H and O–H groups in total. The van der Waals surface area contributed by atoms with Crippen LogP contribution >= 0.6 is 15.9 Å². The molecule has 0 aliphatic carbocycles. The number of hydrogen-bond donors (Lipinski definition) is 0. The van der Waals surface area contributed by atoms with Crippen LogP contribution in [-0.4, -0.2) is 10.7 Å². The van der Waals surface area contributed by atoms with Crippen LogP contribution in [0, 0.1) is 21.7 Å². The second-order valence-corrected chi connectivity index (χ2v) is 5.17. The van der Waals surface area contributed by atoms with Crippen molar-refractivity contribution in [3.05, 3.63) is 73.7 Å². The second-order valence-electron chi connectivity index (χ2n) is 4.26. The fourth-order valence-electron chi connectivity index (χ4n) is 1.80. The molecule has 0 unspecified atom stereocenters. The Bertz CT molecular complexity index is 714. The van der Waals surface area contributed by atoms with Crippen LogP contribution in [0.3, 0.4) is 0 Å². The highest BCUT2D eigenvalue weighted by Crippen LogP contribution is 2.23. The molecule has 0 aliphatic heterocycles. The van der Waals surface area contributed by atoms with Crippen LogP contribution in [0.1, 0.15) is 15.9 Å². The zero-order valence-corrected chi connectivity index (χ0v) is 12.1. The SMILES string of the molecule is O=C(Cc1c(F)cccc1F)c1cc(Br)cc([N+](=O)[O-])c1. The number of ketones is 1. The van der Waals surface area contributed by atoms with E-state index in [0.29, 0.717) is 4.47 Å². The van der Waals surface area contributed by atoms with Gasteiger partial charge in [-0.05, 0) is 18.2 Å². The highest BCUT2D eigenvalue weighted by molar-refractivity contribution is 9.10. The van der Waals surface area contributed by atoms with E-state index in [1.807, 2.05) is 0 Å². The fraction of sp³-hybridized carbons (Fsp3) is 0.0714. The Morgan fingerprint density at radius 2 is 1.81 bits per heavy atom. The summed E-state index contributed by atoms with van der Waals surface area (Å²) in [6.45, 7) is 0. The van der Waals surface area contributed by atoms with E-state index in [-0.39, 0.29) is 16.8 Å². The number of nitro groups is 1. The maximum Gasteiger partial charge on any atom is 0.271 e. The summed E-state index contributed by atoms with van der Waals surface area (Å²) in [5, 5.41) is 10.7. The number of hydrogen-bond acceptors (Lipinski definition) is 3. The van der Waals surface area contributed by atoms with Gasteiger partial charge in [0.15, 0.2) is 5.78 Å². The zero-order chi connectivity index (χ0) is 15.6. The highest BCUT2D eigenvalue weighted by Gasteiger charge is 2.17. The van der Waals surface area contributed by atoms with Crippen LogP contribution in [0.4, 0.5) is 14.5 Å². The van der Waals surface area contributed by atoms with Crippen LogP contribution in [0.5, 0.6) is 0 Å². The van der Waals surface area contributed by atoms with Gasteiger partial charge in [-0.2, -0.15) is 0 Å². The monoisotopic (exact) mass is 355 g/mol. The lowest BCUT2D eigenvalue weighted by atomic mass is 10.0. The average molecular weight is 356 g/mol. The highest BCUT2D eigenvalue weighted by atomic mass is 79.9. The molecule has 0 bridgehead atoms. The largest absolute Gasteiger partial charge is 0.294 e. The molecule has 0 aliphatic rings. The molecule has 0 atom stereocenters. The average Bonchev–Trinajstić information content (AvgIpc) is 2.42. The topological polar surface area (TPSA) is 60.2 Å². The smallest absolute Gasteiger partial charge is 0.271 e. The number of benzene rings is 2. The Kier molecular flexibility index (Phi) is 4.42. The quantitative estimate of drug-likeness (QED) is 0.472. The van der Waals surface area contributed by atoms with Gasteiger partial charge in [0.05, 0.1) is 4.92 Å². The molecule has 0 spiro atoms. The van der Waals surface area contributed by atoms with Crippen molar-refractivity contribution in [2.75, 3.05) is 0 Å². The predicted molar refractivity (Wildman–Crippen MR) is 75.2 cm³/mol. The summed E-state index contributed by atoms with van der Waals surface area (Å²) in [7, 11) is 0.